The lowest BCUT2D eigenvalue weighted by Crippen LogP contribution is -2.37. The number of nitrogens with two attached hydrogens (primary N) is 1. The Bertz CT molecular complexity index is 772. The number of benzene rings is 1. The van der Waals surface area contributed by atoms with Crippen LogP contribution < -0.4 is 11.1 Å². The van der Waals surface area contributed by atoms with Gasteiger partial charge in [-0.3, -0.25) is 0 Å². The van der Waals surface area contributed by atoms with E-state index in [-0.39, 0.29) is 23.2 Å². The van der Waals surface area contributed by atoms with Crippen molar-refractivity contribution in [1.82, 2.24) is 5.32 Å². The molecule has 0 saturated carbocycles. The molecule has 0 amide bonds. The Morgan fingerprint density at radius 2 is 2.00 bits per heavy atom. The first-order valence-corrected chi connectivity index (χ1v) is 9.50. The lowest BCUT2D eigenvalue weighted by molar-refractivity contribution is -0.137. The van der Waals surface area contributed by atoms with Gasteiger partial charge in [-0.2, -0.15) is 18.2 Å². The van der Waals surface area contributed by atoms with Crippen LogP contribution >= 0.6 is 11.6 Å². The number of aliphatic imine (C=N–C) groups is 1. The molecule has 1 aliphatic heterocycles. The molecule has 1 fully saturated rings. The van der Waals surface area contributed by atoms with Crippen molar-refractivity contribution in [2.45, 2.75) is 44.6 Å². The second-order valence-electron chi connectivity index (χ2n) is 6.71. The molecule has 0 radical (unpaired) electrons. The minimum absolute atomic E-state index is 0.0901. The zero-order valence-electron chi connectivity index (χ0n) is 16.4. The second kappa shape index (κ2) is 10.0. The average Bonchev–Trinajstić information content (AvgIpc) is 2.70. The standard InChI is InChI=1S/C20H25ClF3N3O2/c1-12(18(21)25)19(27-13(2)28-3)26-11-16-5-4-6-17(29-16)14-7-9-15(10-8-14)20(22,23)24/h7-10,16-17H,2,4-6,11,25H2,1,3H3,(H,26,27)/b18-12-/t16-,17+/m1/s1. The van der Waals surface area contributed by atoms with E-state index in [4.69, 9.17) is 26.8 Å². The molecule has 1 aromatic rings. The highest BCUT2D eigenvalue weighted by atomic mass is 35.5. The van der Waals surface area contributed by atoms with Crippen molar-refractivity contribution in [2.24, 2.45) is 10.7 Å². The van der Waals surface area contributed by atoms with E-state index in [2.05, 4.69) is 16.9 Å². The molecule has 29 heavy (non-hydrogen) atoms. The third-order valence-corrected chi connectivity index (χ3v) is 4.93. The monoisotopic (exact) mass is 431 g/mol. The van der Waals surface area contributed by atoms with Crippen molar-refractivity contribution in [2.75, 3.05) is 13.7 Å². The molecule has 1 aromatic carbocycles. The number of methoxy groups -OCH3 is 1. The van der Waals surface area contributed by atoms with Crippen LogP contribution in [0.25, 0.3) is 0 Å². The minimum atomic E-state index is -4.35. The number of rotatable bonds is 6. The van der Waals surface area contributed by atoms with Crippen LogP contribution in [-0.4, -0.2) is 25.6 Å². The number of halogens is 4. The van der Waals surface area contributed by atoms with Gasteiger partial charge in [0, 0.05) is 12.1 Å². The second-order valence-corrected chi connectivity index (χ2v) is 7.12. The van der Waals surface area contributed by atoms with Crippen molar-refractivity contribution in [1.29, 1.82) is 0 Å². The molecular weight excluding hydrogens is 407 g/mol. The zero-order valence-corrected chi connectivity index (χ0v) is 17.1. The highest BCUT2D eigenvalue weighted by Crippen LogP contribution is 2.34. The normalized spacial score (nSPS) is 21.4. The summed E-state index contributed by atoms with van der Waals surface area (Å²) in [6, 6.07) is 5.11. The van der Waals surface area contributed by atoms with E-state index in [1.54, 1.807) is 6.92 Å². The molecule has 0 bridgehead atoms. The third-order valence-electron chi connectivity index (χ3n) is 4.64. The van der Waals surface area contributed by atoms with Gasteiger partial charge in [0.25, 0.3) is 0 Å². The minimum Gasteiger partial charge on any atom is -0.481 e. The maximum atomic E-state index is 12.8. The van der Waals surface area contributed by atoms with Gasteiger partial charge in [0.2, 0.25) is 5.88 Å². The van der Waals surface area contributed by atoms with Gasteiger partial charge in [-0.25, -0.2) is 0 Å². The van der Waals surface area contributed by atoms with Crippen LogP contribution in [0.2, 0.25) is 0 Å². The Morgan fingerprint density at radius 3 is 2.55 bits per heavy atom. The Balaban J connectivity index is 2.04. The van der Waals surface area contributed by atoms with E-state index in [9.17, 15) is 13.2 Å². The third kappa shape index (κ3) is 6.68. The van der Waals surface area contributed by atoms with E-state index in [0.29, 0.717) is 18.0 Å². The van der Waals surface area contributed by atoms with E-state index in [0.717, 1.165) is 37.0 Å². The average molecular weight is 432 g/mol. The molecule has 2 rings (SSSR count). The fraction of sp³-hybridized carbons (Fsp3) is 0.450. The first-order valence-electron chi connectivity index (χ1n) is 9.12. The first kappa shape index (κ1) is 23.1. The lowest BCUT2D eigenvalue weighted by atomic mass is 9.97. The SMILES string of the molecule is C=C(/N=C(NC[C@H]1CCC[C@@H](c2ccc(C(F)(F)F)cc2)O1)\C(C)=C(/N)Cl)OC. The summed E-state index contributed by atoms with van der Waals surface area (Å²) in [7, 11) is 1.45. The summed E-state index contributed by atoms with van der Waals surface area (Å²) < 4.78 is 49.3. The van der Waals surface area contributed by atoms with Crippen LogP contribution in [-0.2, 0) is 15.7 Å². The molecule has 9 heteroatoms. The van der Waals surface area contributed by atoms with Crippen molar-refractivity contribution in [3.05, 3.63) is 58.6 Å². The summed E-state index contributed by atoms with van der Waals surface area (Å²) in [6.45, 7) is 5.80. The summed E-state index contributed by atoms with van der Waals surface area (Å²) in [4.78, 5) is 4.21. The van der Waals surface area contributed by atoms with Crippen molar-refractivity contribution in [3.63, 3.8) is 0 Å². The molecule has 160 valence electrons. The molecule has 3 N–H and O–H groups in total. The highest BCUT2D eigenvalue weighted by molar-refractivity contribution is 6.31. The maximum absolute atomic E-state index is 12.8. The Kier molecular flexibility index (Phi) is 7.98. The van der Waals surface area contributed by atoms with Crippen LogP contribution in [0.5, 0.6) is 0 Å². The van der Waals surface area contributed by atoms with Gasteiger partial charge in [-0.05, 0) is 50.5 Å². The summed E-state index contributed by atoms with van der Waals surface area (Å²) in [6.07, 6.45) is -2.32. The fourth-order valence-corrected chi connectivity index (χ4v) is 3.02. The van der Waals surface area contributed by atoms with Gasteiger partial charge in [-0.1, -0.05) is 23.7 Å². The molecule has 0 unspecified atom stereocenters. The predicted octanol–water partition coefficient (Wildman–Crippen LogP) is 4.85. The Hall–Kier alpha value is -2.19. The van der Waals surface area contributed by atoms with Crippen LogP contribution in [0.4, 0.5) is 13.2 Å². The lowest BCUT2D eigenvalue weighted by Gasteiger charge is -2.31. The highest BCUT2D eigenvalue weighted by Gasteiger charge is 2.31. The summed E-state index contributed by atoms with van der Waals surface area (Å²) >= 11 is 5.87. The van der Waals surface area contributed by atoms with Gasteiger partial charge in [0.15, 0.2) is 0 Å². The molecule has 0 spiro atoms. The van der Waals surface area contributed by atoms with Gasteiger partial charge in [0.05, 0.1) is 24.9 Å². The first-order chi connectivity index (χ1) is 13.6. The summed E-state index contributed by atoms with van der Waals surface area (Å²) in [5, 5.41) is 3.24. The van der Waals surface area contributed by atoms with Crippen LogP contribution in [0.1, 0.15) is 43.4 Å². The number of amidine groups is 1. The molecular formula is C20H25ClF3N3O2. The van der Waals surface area contributed by atoms with Crippen LogP contribution in [0, 0.1) is 0 Å². The number of hydrogen-bond donors (Lipinski definition) is 2. The maximum Gasteiger partial charge on any atom is 0.416 e. The Labute approximate surface area is 173 Å². The number of alkyl halides is 3. The van der Waals surface area contributed by atoms with E-state index >= 15 is 0 Å². The number of hydrogen-bond acceptors (Lipinski definition) is 4. The van der Waals surface area contributed by atoms with Crippen molar-refractivity contribution in [3.8, 4) is 0 Å². The van der Waals surface area contributed by atoms with Crippen molar-refractivity contribution >= 4 is 17.4 Å². The number of ether oxygens (including phenoxy) is 2. The van der Waals surface area contributed by atoms with E-state index in [1.165, 1.54) is 19.2 Å². The van der Waals surface area contributed by atoms with Gasteiger partial charge >= 0.3 is 6.18 Å². The van der Waals surface area contributed by atoms with Gasteiger partial charge in [-0.15, -0.1) is 0 Å². The molecule has 2 atom stereocenters. The molecule has 1 heterocycles. The van der Waals surface area contributed by atoms with E-state index < -0.39 is 11.7 Å². The topological polar surface area (TPSA) is 68.9 Å². The Morgan fingerprint density at radius 1 is 1.34 bits per heavy atom. The van der Waals surface area contributed by atoms with Crippen LogP contribution in [0.15, 0.2) is 52.4 Å². The van der Waals surface area contributed by atoms with Crippen molar-refractivity contribution < 1.29 is 22.6 Å². The number of nitrogens with zero attached hydrogens (tertiary/aromatic N) is 1. The molecule has 5 nitrogen and oxygen atoms in total. The molecule has 1 saturated heterocycles. The predicted molar refractivity (Wildman–Crippen MR) is 107 cm³/mol. The smallest absolute Gasteiger partial charge is 0.416 e. The van der Waals surface area contributed by atoms with Gasteiger partial charge < -0.3 is 20.5 Å². The fourth-order valence-electron chi connectivity index (χ4n) is 2.93. The molecule has 1 aliphatic rings. The summed E-state index contributed by atoms with van der Waals surface area (Å²) in [5.74, 6) is 0.613. The van der Waals surface area contributed by atoms with Crippen LogP contribution in [0.3, 0.4) is 0 Å². The molecule has 0 aromatic heterocycles. The zero-order chi connectivity index (χ0) is 21.6. The van der Waals surface area contributed by atoms with Gasteiger partial charge in [0.1, 0.15) is 11.0 Å². The quantitative estimate of drug-likeness (QED) is 0.292. The molecule has 0 aliphatic carbocycles. The number of nitrogens with one attached hydrogen (secondary N) is 1. The summed E-state index contributed by atoms with van der Waals surface area (Å²) in [5.41, 5.74) is 6.24. The largest absolute Gasteiger partial charge is 0.481 e. The van der Waals surface area contributed by atoms with E-state index in [1.807, 2.05) is 0 Å².